The van der Waals surface area contributed by atoms with Crippen molar-refractivity contribution in [2.24, 2.45) is 0 Å². The number of amides is 1. The van der Waals surface area contributed by atoms with Crippen LogP contribution in [-0.2, 0) is 24.4 Å². The number of nitrogens with zero attached hydrogens (tertiary/aromatic N) is 4. The molecule has 7 heteroatoms. The molecule has 126 valence electrons. The molecule has 0 aliphatic carbocycles. The average molecular weight is 352 g/mol. The first-order valence-electron chi connectivity index (χ1n) is 7.90. The first-order valence-corrected chi connectivity index (χ1v) is 8.78. The number of aromatic nitrogens is 3. The number of carbonyl (C=O) groups is 1. The summed E-state index contributed by atoms with van der Waals surface area (Å²) in [6.45, 7) is 1.12. The van der Waals surface area contributed by atoms with E-state index in [0.717, 1.165) is 21.7 Å². The molecule has 0 saturated carbocycles. The van der Waals surface area contributed by atoms with Crippen LogP contribution in [-0.4, -0.2) is 25.8 Å². The summed E-state index contributed by atoms with van der Waals surface area (Å²) in [6, 6.07) is 15.3. The predicted molar refractivity (Wildman–Crippen MR) is 94.8 cm³/mol. The summed E-state index contributed by atoms with van der Waals surface area (Å²) in [4.78, 5) is 15.8. The van der Waals surface area contributed by atoms with Gasteiger partial charge in [0.1, 0.15) is 17.8 Å². The second-order valence-corrected chi connectivity index (χ2v) is 6.68. The van der Waals surface area contributed by atoms with Crippen LogP contribution in [0.1, 0.15) is 10.6 Å². The Morgan fingerprint density at radius 1 is 1.12 bits per heavy atom. The predicted octanol–water partition coefficient (Wildman–Crippen LogP) is 3.31. The fourth-order valence-electron chi connectivity index (χ4n) is 2.68. The standard InChI is InChI=1S/C18H16N4O2S/c23-18(13-22-17-8-2-1-7-16(17)19-20-22)21(11-14-5-3-9-24-14)12-15-6-4-10-25-15/h1-10H,11-13H2. The van der Waals surface area contributed by atoms with Gasteiger partial charge < -0.3 is 9.32 Å². The van der Waals surface area contributed by atoms with Crippen molar-refractivity contribution in [3.63, 3.8) is 0 Å². The van der Waals surface area contributed by atoms with Crippen molar-refractivity contribution in [2.45, 2.75) is 19.6 Å². The van der Waals surface area contributed by atoms with Gasteiger partial charge in [0.15, 0.2) is 0 Å². The van der Waals surface area contributed by atoms with Gasteiger partial charge in [0, 0.05) is 4.88 Å². The molecule has 0 fully saturated rings. The molecule has 4 rings (SSSR count). The van der Waals surface area contributed by atoms with Gasteiger partial charge in [0.2, 0.25) is 5.91 Å². The number of furan rings is 1. The molecule has 0 unspecified atom stereocenters. The zero-order chi connectivity index (χ0) is 17.1. The van der Waals surface area contributed by atoms with Crippen molar-refractivity contribution in [2.75, 3.05) is 0 Å². The second-order valence-electron chi connectivity index (χ2n) is 5.64. The third-order valence-corrected chi connectivity index (χ3v) is 4.77. The summed E-state index contributed by atoms with van der Waals surface area (Å²) in [5, 5.41) is 10.2. The Bertz CT molecular complexity index is 924. The van der Waals surface area contributed by atoms with Crippen molar-refractivity contribution in [3.05, 3.63) is 70.8 Å². The molecule has 3 aromatic heterocycles. The quantitative estimate of drug-likeness (QED) is 0.534. The number of fused-ring (bicyclic) bond motifs is 1. The third kappa shape index (κ3) is 3.46. The zero-order valence-corrected chi connectivity index (χ0v) is 14.2. The Kier molecular flexibility index (Phi) is 4.30. The number of thiophene rings is 1. The summed E-state index contributed by atoms with van der Waals surface area (Å²) in [5.74, 6) is 0.730. The fraction of sp³-hybridized carbons (Fsp3) is 0.167. The highest BCUT2D eigenvalue weighted by Gasteiger charge is 2.18. The molecule has 1 aromatic carbocycles. The van der Waals surface area contributed by atoms with Crippen molar-refractivity contribution in [1.82, 2.24) is 19.9 Å². The number of carbonyl (C=O) groups excluding carboxylic acids is 1. The SMILES string of the molecule is O=C(Cn1nnc2ccccc21)N(Cc1ccco1)Cc1cccs1. The lowest BCUT2D eigenvalue weighted by molar-refractivity contribution is -0.133. The van der Waals surface area contributed by atoms with Crippen molar-refractivity contribution >= 4 is 28.3 Å². The van der Waals surface area contributed by atoms with E-state index in [4.69, 9.17) is 4.42 Å². The maximum atomic E-state index is 12.9. The van der Waals surface area contributed by atoms with Crippen LogP contribution in [0.2, 0.25) is 0 Å². The van der Waals surface area contributed by atoms with Crippen molar-refractivity contribution in [1.29, 1.82) is 0 Å². The van der Waals surface area contributed by atoms with E-state index in [1.807, 2.05) is 53.9 Å². The van der Waals surface area contributed by atoms with Gasteiger partial charge in [-0.15, -0.1) is 16.4 Å². The highest BCUT2D eigenvalue weighted by molar-refractivity contribution is 7.09. The molecule has 1 amide bonds. The molecule has 0 radical (unpaired) electrons. The van der Waals surface area contributed by atoms with E-state index in [0.29, 0.717) is 13.1 Å². The van der Waals surface area contributed by atoms with Crippen molar-refractivity contribution in [3.8, 4) is 0 Å². The van der Waals surface area contributed by atoms with Gasteiger partial charge in [-0.05, 0) is 35.7 Å². The first-order chi connectivity index (χ1) is 12.3. The van der Waals surface area contributed by atoms with Gasteiger partial charge in [0.25, 0.3) is 0 Å². The maximum Gasteiger partial charge on any atom is 0.245 e. The van der Waals surface area contributed by atoms with E-state index in [-0.39, 0.29) is 12.5 Å². The summed E-state index contributed by atoms with van der Waals surface area (Å²) >= 11 is 1.63. The van der Waals surface area contributed by atoms with Crippen LogP contribution in [0.5, 0.6) is 0 Å². The summed E-state index contributed by atoms with van der Waals surface area (Å²) < 4.78 is 7.05. The summed E-state index contributed by atoms with van der Waals surface area (Å²) in [7, 11) is 0. The molecule has 0 saturated heterocycles. The molecule has 4 aromatic rings. The highest BCUT2D eigenvalue weighted by Crippen LogP contribution is 2.16. The molecule has 0 aliphatic heterocycles. The van der Waals surface area contributed by atoms with Gasteiger partial charge in [-0.2, -0.15) is 0 Å². The summed E-state index contributed by atoms with van der Waals surface area (Å²) in [6.07, 6.45) is 1.62. The van der Waals surface area contributed by atoms with Gasteiger partial charge in [0.05, 0.1) is 24.9 Å². The topological polar surface area (TPSA) is 64.2 Å². The largest absolute Gasteiger partial charge is 0.467 e. The van der Waals surface area contributed by atoms with Crippen LogP contribution < -0.4 is 0 Å². The van der Waals surface area contributed by atoms with E-state index < -0.39 is 0 Å². The molecule has 3 heterocycles. The average Bonchev–Trinajstić information content (AvgIpc) is 3.37. The lowest BCUT2D eigenvalue weighted by Crippen LogP contribution is -2.33. The Morgan fingerprint density at radius 3 is 2.84 bits per heavy atom. The van der Waals surface area contributed by atoms with E-state index in [1.54, 1.807) is 27.2 Å². The minimum Gasteiger partial charge on any atom is -0.467 e. The molecule has 25 heavy (non-hydrogen) atoms. The van der Waals surface area contributed by atoms with E-state index in [2.05, 4.69) is 10.3 Å². The van der Waals surface area contributed by atoms with Gasteiger partial charge in [-0.3, -0.25) is 4.79 Å². The van der Waals surface area contributed by atoms with Crippen LogP contribution in [0.4, 0.5) is 0 Å². The molecule has 6 nitrogen and oxygen atoms in total. The zero-order valence-electron chi connectivity index (χ0n) is 13.4. The molecule has 0 N–H and O–H groups in total. The normalized spacial score (nSPS) is 11.0. The maximum absolute atomic E-state index is 12.9. The molecular formula is C18H16N4O2S. The van der Waals surface area contributed by atoms with Crippen molar-refractivity contribution < 1.29 is 9.21 Å². The van der Waals surface area contributed by atoms with Gasteiger partial charge in [-0.1, -0.05) is 23.4 Å². The van der Waals surface area contributed by atoms with E-state index in [1.165, 1.54) is 0 Å². The van der Waals surface area contributed by atoms with E-state index in [9.17, 15) is 4.79 Å². The van der Waals surface area contributed by atoms with Crippen LogP contribution >= 0.6 is 11.3 Å². The number of benzene rings is 1. The van der Waals surface area contributed by atoms with Gasteiger partial charge in [-0.25, -0.2) is 4.68 Å². The number of rotatable bonds is 6. The number of hydrogen-bond acceptors (Lipinski definition) is 5. The first kappa shape index (κ1) is 15.6. The second kappa shape index (κ2) is 6.90. The van der Waals surface area contributed by atoms with Crippen LogP contribution in [0.25, 0.3) is 11.0 Å². The van der Waals surface area contributed by atoms with E-state index >= 15 is 0 Å². The third-order valence-electron chi connectivity index (χ3n) is 3.91. The summed E-state index contributed by atoms with van der Waals surface area (Å²) in [5.41, 5.74) is 1.64. The minimum absolute atomic E-state index is 0.0274. The Balaban J connectivity index is 1.56. The van der Waals surface area contributed by atoms with Gasteiger partial charge >= 0.3 is 0 Å². The molecule has 0 bridgehead atoms. The number of hydrogen-bond donors (Lipinski definition) is 0. The monoisotopic (exact) mass is 352 g/mol. The highest BCUT2D eigenvalue weighted by atomic mass is 32.1. The lowest BCUT2D eigenvalue weighted by atomic mass is 10.3. The molecule has 0 aliphatic rings. The molecule has 0 atom stereocenters. The smallest absolute Gasteiger partial charge is 0.245 e. The molecular weight excluding hydrogens is 336 g/mol. The fourth-order valence-corrected chi connectivity index (χ4v) is 3.40. The van der Waals surface area contributed by atoms with Crippen LogP contribution in [0.3, 0.4) is 0 Å². The van der Waals surface area contributed by atoms with Crippen LogP contribution in [0, 0.1) is 0 Å². The number of para-hydroxylation sites is 1. The minimum atomic E-state index is -0.0274. The molecule has 0 spiro atoms. The Morgan fingerprint density at radius 2 is 2.04 bits per heavy atom. The Labute approximate surface area is 148 Å². The Hall–Kier alpha value is -2.93. The lowest BCUT2D eigenvalue weighted by Gasteiger charge is -2.21. The van der Waals surface area contributed by atoms with Crippen LogP contribution in [0.15, 0.2) is 64.6 Å².